The Morgan fingerprint density at radius 3 is 2.50 bits per heavy atom. The van der Waals surface area contributed by atoms with Gasteiger partial charge in [0.1, 0.15) is 5.75 Å². The molecule has 3 aromatic rings. The molecule has 1 atom stereocenters. The SMILES string of the molecule is CC1(C)c2cc(C(=O)c3ccccc3)ccc2NC12C=Cc1cc(I)cc(I)c1O2. The van der Waals surface area contributed by atoms with Crippen LogP contribution in [0.25, 0.3) is 6.08 Å². The highest BCUT2D eigenvalue weighted by Crippen LogP contribution is 2.52. The molecule has 0 bridgehead atoms. The number of rotatable bonds is 2. The third kappa shape index (κ3) is 3.00. The molecule has 3 nitrogen and oxygen atoms in total. The van der Waals surface area contributed by atoms with Crippen molar-refractivity contribution in [3.05, 3.63) is 96.1 Å². The lowest BCUT2D eigenvalue weighted by Gasteiger charge is -2.42. The fourth-order valence-corrected chi connectivity index (χ4v) is 6.24. The van der Waals surface area contributed by atoms with E-state index in [2.05, 4.69) is 88.6 Å². The van der Waals surface area contributed by atoms with Gasteiger partial charge >= 0.3 is 0 Å². The average Bonchev–Trinajstić information content (AvgIpc) is 2.95. The number of benzene rings is 3. The van der Waals surface area contributed by atoms with Gasteiger partial charge in [-0.1, -0.05) is 30.3 Å². The van der Waals surface area contributed by atoms with Crippen molar-refractivity contribution >= 4 is 62.7 Å². The van der Waals surface area contributed by atoms with E-state index in [1.165, 1.54) is 3.57 Å². The van der Waals surface area contributed by atoms with Crippen LogP contribution >= 0.6 is 45.2 Å². The van der Waals surface area contributed by atoms with Crippen molar-refractivity contribution in [1.29, 1.82) is 0 Å². The fraction of sp³-hybridized carbons (Fsp3) is 0.160. The van der Waals surface area contributed by atoms with Gasteiger partial charge in [0.2, 0.25) is 5.72 Å². The number of hydrogen-bond acceptors (Lipinski definition) is 3. The minimum Gasteiger partial charge on any atom is -0.462 e. The quantitative estimate of drug-likeness (QED) is 0.259. The summed E-state index contributed by atoms with van der Waals surface area (Å²) in [6.45, 7) is 4.33. The number of ether oxygens (including phenoxy) is 1. The zero-order valence-electron chi connectivity index (χ0n) is 16.5. The van der Waals surface area contributed by atoms with Gasteiger partial charge in [-0.3, -0.25) is 4.79 Å². The summed E-state index contributed by atoms with van der Waals surface area (Å²) in [5.41, 5.74) is 3.47. The molecule has 1 spiro atoms. The van der Waals surface area contributed by atoms with E-state index in [0.717, 1.165) is 26.1 Å². The topological polar surface area (TPSA) is 38.3 Å². The van der Waals surface area contributed by atoms with Crippen molar-refractivity contribution < 1.29 is 9.53 Å². The molecule has 1 N–H and O–H groups in total. The first-order valence-corrected chi connectivity index (χ1v) is 11.9. The fourth-order valence-electron chi connectivity index (χ4n) is 4.24. The van der Waals surface area contributed by atoms with Gasteiger partial charge in [-0.2, -0.15) is 0 Å². The van der Waals surface area contributed by atoms with Crippen molar-refractivity contribution in [2.24, 2.45) is 0 Å². The van der Waals surface area contributed by atoms with Crippen LogP contribution in [0.1, 0.15) is 40.9 Å². The molecule has 1 unspecified atom stereocenters. The number of ketones is 1. The number of anilines is 1. The molecule has 30 heavy (non-hydrogen) atoms. The van der Waals surface area contributed by atoms with Crippen molar-refractivity contribution in [1.82, 2.24) is 0 Å². The second-order valence-corrected chi connectivity index (χ2v) is 10.6. The molecule has 0 saturated heterocycles. The molecule has 2 aliphatic heterocycles. The van der Waals surface area contributed by atoms with E-state index in [9.17, 15) is 4.79 Å². The molecular weight excluding hydrogens is 600 g/mol. The predicted octanol–water partition coefficient (Wildman–Crippen LogP) is 6.63. The first kappa shape index (κ1) is 20.1. The lowest BCUT2D eigenvalue weighted by molar-refractivity contribution is 0.0812. The summed E-state index contributed by atoms with van der Waals surface area (Å²) in [6, 6.07) is 19.6. The number of nitrogens with one attached hydrogen (secondary N) is 1. The van der Waals surface area contributed by atoms with E-state index < -0.39 is 5.72 Å². The number of fused-ring (bicyclic) bond motifs is 2. The first-order chi connectivity index (χ1) is 14.3. The number of carbonyl (C=O) groups excluding carboxylic acids is 1. The monoisotopic (exact) mass is 619 g/mol. The Hall–Kier alpha value is -1.87. The summed E-state index contributed by atoms with van der Waals surface area (Å²) in [5, 5.41) is 3.60. The summed E-state index contributed by atoms with van der Waals surface area (Å²) in [7, 11) is 0. The summed E-state index contributed by atoms with van der Waals surface area (Å²) < 4.78 is 8.93. The Morgan fingerprint density at radius 1 is 0.967 bits per heavy atom. The van der Waals surface area contributed by atoms with Crippen LogP contribution in [-0.2, 0) is 5.41 Å². The third-order valence-electron chi connectivity index (χ3n) is 6.04. The van der Waals surface area contributed by atoms with Gasteiger partial charge in [-0.15, -0.1) is 0 Å². The molecule has 0 amide bonds. The van der Waals surface area contributed by atoms with E-state index in [4.69, 9.17) is 4.74 Å². The van der Waals surface area contributed by atoms with Gasteiger partial charge in [0.05, 0.1) is 8.99 Å². The third-order valence-corrected chi connectivity index (χ3v) is 7.46. The van der Waals surface area contributed by atoms with Crippen molar-refractivity contribution in [3.8, 4) is 5.75 Å². The molecule has 2 heterocycles. The second kappa shape index (κ2) is 7.09. The van der Waals surface area contributed by atoms with Crippen LogP contribution < -0.4 is 10.1 Å². The van der Waals surface area contributed by atoms with E-state index in [0.29, 0.717) is 11.1 Å². The molecule has 2 aliphatic rings. The Morgan fingerprint density at radius 2 is 1.73 bits per heavy atom. The van der Waals surface area contributed by atoms with Crippen LogP contribution in [0, 0.1) is 7.14 Å². The summed E-state index contributed by atoms with van der Waals surface area (Å²) in [5.74, 6) is 0.928. The maximum absolute atomic E-state index is 13.0. The Bertz CT molecular complexity index is 1220. The zero-order valence-corrected chi connectivity index (χ0v) is 20.8. The number of carbonyl (C=O) groups is 1. The van der Waals surface area contributed by atoms with Gasteiger partial charge in [0, 0.05) is 25.9 Å². The van der Waals surface area contributed by atoms with E-state index in [1.54, 1.807) is 0 Å². The number of hydrogen-bond donors (Lipinski definition) is 1. The van der Waals surface area contributed by atoms with Crippen LogP contribution in [0.5, 0.6) is 5.75 Å². The van der Waals surface area contributed by atoms with Crippen molar-refractivity contribution in [2.75, 3.05) is 5.32 Å². The van der Waals surface area contributed by atoms with Crippen LogP contribution in [-0.4, -0.2) is 11.5 Å². The minimum atomic E-state index is -0.705. The highest BCUT2D eigenvalue weighted by atomic mass is 127. The molecule has 0 radical (unpaired) electrons. The Labute approximate surface area is 203 Å². The van der Waals surface area contributed by atoms with Crippen LogP contribution in [0.3, 0.4) is 0 Å². The van der Waals surface area contributed by atoms with Gasteiger partial charge in [0.15, 0.2) is 5.78 Å². The molecule has 150 valence electrons. The van der Waals surface area contributed by atoms with Crippen molar-refractivity contribution in [3.63, 3.8) is 0 Å². The lowest BCUT2D eigenvalue weighted by atomic mass is 9.76. The predicted molar refractivity (Wildman–Crippen MR) is 137 cm³/mol. The maximum atomic E-state index is 13.0. The minimum absolute atomic E-state index is 0.0322. The molecule has 0 fully saturated rings. The van der Waals surface area contributed by atoms with E-state index in [1.807, 2.05) is 48.5 Å². The highest BCUT2D eigenvalue weighted by molar-refractivity contribution is 14.1. The summed E-state index contributed by atoms with van der Waals surface area (Å²) in [6.07, 6.45) is 4.25. The normalized spacial score (nSPS) is 20.3. The van der Waals surface area contributed by atoms with Gasteiger partial charge in [0.25, 0.3) is 0 Å². The average molecular weight is 619 g/mol. The molecular formula is C25H19I2NO2. The standard InChI is InChI=1S/C25H19I2NO2/c1-24(2)19-13-16(22(29)15-6-4-3-5-7-15)8-9-21(19)28-25(24)11-10-17-12-18(26)14-20(27)23(17)30-25/h3-14,28H,1-2H3. The number of halogens is 2. The molecule has 5 rings (SSSR count). The molecule has 0 aliphatic carbocycles. The van der Waals surface area contributed by atoms with E-state index in [-0.39, 0.29) is 11.2 Å². The highest BCUT2D eigenvalue weighted by Gasteiger charge is 2.54. The Balaban J connectivity index is 1.56. The van der Waals surface area contributed by atoms with Gasteiger partial charge in [-0.05, 0) is 107 Å². The van der Waals surface area contributed by atoms with Crippen LogP contribution in [0.15, 0.2) is 66.7 Å². The smallest absolute Gasteiger partial charge is 0.209 e. The molecule has 5 heteroatoms. The summed E-state index contributed by atoms with van der Waals surface area (Å²) in [4.78, 5) is 13.0. The van der Waals surface area contributed by atoms with Crippen LogP contribution in [0.4, 0.5) is 5.69 Å². The van der Waals surface area contributed by atoms with Gasteiger partial charge in [-0.25, -0.2) is 0 Å². The molecule has 0 saturated carbocycles. The zero-order chi connectivity index (χ0) is 21.1. The first-order valence-electron chi connectivity index (χ1n) is 9.70. The lowest BCUT2D eigenvalue weighted by Crippen LogP contribution is -2.53. The summed E-state index contributed by atoms with van der Waals surface area (Å²) >= 11 is 4.67. The van der Waals surface area contributed by atoms with E-state index >= 15 is 0 Å². The largest absolute Gasteiger partial charge is 0.462 e. The maximum Gasteiger partial charge on any atom is 0.209 e. The van der Waals surface area contributed by atoms with Crippen LogP contribution in [0.2, 0.25) is 0 Å². The van der Waals surface area contributed by atoms with Gasteiger partial charge < -0.3 is 10.1 Å². The molecule has 0 aromatic heterocycles. The molecule has 3 aromatic carbocycles. The Kier molecular flexibility index (Phi) is 4.74. The van der Waals surface area contributed by atoms with Crippen molar-refractivity contribution in [2.45, 2.75) is 25.0 Å². The second-order valence-electron chi connectivity index (χ2n) is 8.18.